The highest BCUT2D eigenvalue weighted by Crippen LogP contribution is 2.25. The van der Waals surface area contributed by atoms with Gasteiger partial charge < -0.3 is 10.2 Å². The van der Waals surface area contributed by atoms with Gasteiger partial charge in [-0.25, -0.2) is 8.42 Å². The quantitative estimate of drug-likeness (QED) is 0.423. The third-order valence-corrected chi connectivity index (χ3v) is 7.68. The van der Waals surface area contributed by atoms with Crippen LogP contribution in [-0.2, 0) is 26.2 Å². The second-order valence-corrected chi connectivity index (χ2v) is 10.7. The van der Waals surface area contributed by atoms with Crippen LogP contribution in [0.4, 0.5) is 5.69 Å². The molecule has 0 saturated heterocycles. The molecule has 0 saturated carbocycles. The van der Waals surface area contributed by atoms with Gasteiger partial charge in [-0.05, 0) is 68.3 Å². The molecule has 0 radical (unpaired) electrons. The monoisotopic (exact) mass is 527 g/mol. The number of likely N-dealkylation sites (N-methyl/N-ethyl adjacent to an activating group) is 1. The average molecular weight is 528 g/mol. The van der Waals surface area contributed by atoms with Crippen LogP contribution >= 0.6 is 11.6 Å². The fourth-order valence-electron chi connectivity index (χ4n) is 3.77. The van der Waals surface area contributed by atoms with Gasteiger partial charge in [-0.1, -0.05) is 54.1 Å². The Morgan fingerprint density at radius 2 is 1.67 bits per heavy atom. The molecule has 0 heterocycles. The lowest BCUT2D eigenvalue weighted by molar-refractivity contribution is -0.139. The van der Waals surface area contributed by atoms with Crippen molar-refractivity contribution in [1.29, 1.82) is 0 Å². The minimum absolute atomic E-state index is 0.0671. The van der Waals surface area contributed by atoms with Crippen molar-refractivity contribution in [1.82, 2.24) is 10.2 Å². The fraction of sp³-hybridized carbons (Fsp3) is 0.259. The molecule has 0 aromatic heterocycles. The summed E-state index contributed by atoms with van der Waals surface area (Å²) in [4.78, 5) is 27.9. The first-order chi connectivity index (χ1) is 17.1. The highest BCUT2D eigenvalue weighted by Gasteiger charge is 2.32. The third-order valence-electron chi connectivity index (χ3n) is 5.66. The molecule has 9 heteroatoms. The van der Waals surface area contributed by atoms with E-state index in [1.807, 2.05) is 13.0 Å². The van der Waals surface area contributed by atoms with Crippen molar-refractivity contribution in [2.45, 2.75) is 38.3 Å². The van der Waals surface area contributed by atoms with E-state index in [1.165, 1.54) is 17.0 Å². The first-order valence-electron chi connectivity index (χ1n) is 11.6. The summed E-state index contributed by atoms with van der Waals surface area (Å²) in [5.74, 6) is -0.851. The normalized spacial score (nSPS) is 12.0. The van der Waals surface area contributed by atoms with E-state index < -0.39 is 28.5 Å². The van der Waals surface area contributed by atoms with E-state index in [4.69, 9.17) is 11.6 Å². The highest BCUT2D eigenvalue weighted by molar-refractivity contribution is 7.92. The van der Waals surface area contributed by atoms with Crippen LogP contribution in [0.15, 0.2) is 83.8 Å². The lowest BCUT2D eigenvalue weighted by Crippen LogP contribution is -2.51. The van der Waals surface area contributed by atoms with E-state index in [0.29, 0.717) is 17.3 Å². The number of hydrogen-bond donors (Lipinski definition) is 1. The summed E-state index contributed by atoms with van der Waals surface area (Å²) in [7, 11) is -4.07. The maximum Gasteiger partial charge on any atom is 0.264 e. The van der Waals surface area contributed by atoms with E-state index in [9.17, 15) is 18.0 Å². The van der Waals surface area contributed by atoms with Crippen LogP contribution < -0.4 is 9.62 Å². The van der Waals surface area contributed by atoms with Gasteiger partial charge in [0, 0.05) is 18.1 Å². The molecule has 7 nitrogen and oxygen atoms in total. The molecule has 3 aromatic rings. The Bertz CT molecular complexity index is 1320. The van der Waals surface area contributed by atoms with Crippen LogP contribution in [0.5, 0.6) is 0 Å². The molecule has 0 unspecified atom stereocenters. The van der Waals surface area contributed by atoms with Gasteiger partial charge in [-0.2, -0.15) is 0 Å². The van der Waals surface area contributed by atoms with Crippen LogP contribution in [0.1, 0.15) is 25.0 Å². The number of carbonyl (C=O) groups excluding carboxylic acids is 2. The van der Waals surface area contributed by atoms with E-state index >= 15 is 0 Å². The van der Waals surface area contributed by atoms with Gasteiger partial charge >= 0.3 is 0 Å². The van der Waals surface area contributed by atoms with Gasteiger partial charge in [-0.15, -0.1) is 0 Å². The van der Waals surface area contributed by atoms with E-state index in [2.05, 4.69) is 5.32 Å². The number of anilines is 1. The number of hydrogen-bond acceptors (Lipinski definition) is 4. The summed E-state index contributed by atoms with van der Waals surface area (Å²) in [6, 6.07) is 21.1. The van der Waals surface area contributed by atoms with Crippen molar-refractivity contribution in [2.24, 2.45) is 0 Å². The fourth-order valence-corrected chi connectivity index (χ4v) is 5.41. The number of nitrogens with zero attached hydrogens (tertiary/aromatic N) is 2. The zero-order chi connectivity index (χ0) is 26.3. The molecule has 0 bridgehead atoms. The maximum atomic E-state index is 13.7. The van der Waals surface area contributed by atoms with Gasteiger partial charge in [0.1, 0.15) is 12.6 Å². The van der Waals surface area contributed by atoms with Gasteiger partial charge in [-0.3, -0.25) is 13.9 Å². The molecule has 0 aliphatic rings. The van der Waals surface area contributed by atoms with Gasteiger partial charge in [0.2, 0.25) is 11.8 Å². The molecule has 0 spiro atoms. The number of carbonyl (C=O) groups is 2. The van der Waals surface area contributed by atoms with Gasteiger partial charge in [0.15, 0.2) is 0 Å². The van der Waals surface area contributed by atoms with Crippen LogP contribution in [0.25, 0.3) is 0 Å². The van der Waals surface area contributed by atoms with Crippen molar-refractivity contribution in [2.75, 3.05) is 17.4 Å². The Morgan fingerprint density at radius 1 is 0.972 bits per heavy atom. The summed E-state index contributed by atoms with van der Waals surface area (Å²) < 4.78 is 28.4. The summed E-state index contributed by atoms with van der Waals surface area (Å²) in [5.41, 5.74) is 1.93. The Hall–Kier alpha value is -3.36. The number of benzene rings is 3. The first kappa shape index (κ1) is 27.2. The van der Waals surface area contributed by atoms with Crippen molar-refractivity contribution in [3.63, 3.8) is 0 Å². The molecule has 36 heavy (non-hydrogen) atoms. The lowest BCUT2D eigenvalue weighted by Gasteiger charge is -2.32. The summed E-state index contributed by atoms with van der Waals surface area (Å²) >= 11 is 6.14. The number of sulfonamides is 1. The number of nitrogens with one attached hydrogen (secondary N) is 1. The standard InChI is InChI=1S/C27H30ClN3O4S/c1-4-29-27(33)21(3)30(18-22-11-9-12-23(28)17-22)26(32)19-31(24-13-8-10-20(2)16-24)36(34,35)25-14-6-5-7-15-25/h5-17,21H,4,18-19H2,1-3H3,(H,29,33)/t21-/m0/s1. The minimum atomic E-state index is -4.07. The van der Waals surface area contributed by atoms with Crippen molar-refractivity contribution in [3.05, 3.63) is 95.0 Å². The van der Waals surface area contributed by atoms with Crippen molar-refractivity contribution < 1.29 is 18.0 Å². The smallest absolute Gasteiger partial charge is 0.264 e. The minimum Gasteiger partial charge on any atom is -0.355 e. The molecule has 3 aromatic carbocycles. The van der Waals surface area contributed by atoms with Crippen LogP contribution in [0.2, 0.25) is 5.02 Å². The average Bonchev–Trinajstić information content (AvgIpc) is 2.86. The third kappa shape index (κ3) is 6.65. The van der Waals surface area contributed by atoms with Crippen molar-refractivity contribution in [3.8, 4) is 0 Å². The molecule has 1 N–H and O–H groups in total. The maximum absolute atomic E-state index is 13.7. The predicted molar refractivity (Wildman–Crippen MR) is 142 cm³/mol. The molecule has 2 amide bonds. The SMILES string of the molecule is CCNC(=O)[C@H](C)N(Cc1cccc(Cl)c1)C(=O)CN(c1cccc(C)c1)S(=O)(=O)c1ccccc1. The first-order valence-corrected chi connectivity index (χ1v) is 13.4. The topological polar surface area (TPSA) is 86.8 Å². The Morgan fingerprint density at radius 3 is 2.31 bits per heavy atom. The summed E-state index contributed by atoms with van der Waals surface area (Å²) in [5, 5.41) is 3.23. The van der Waals surface area contributed by atoms with Crippen LogP contribution in [0.3, 0.4) is 0 Å². The van der Waals surface area contributed by atoms with E-state index in [-0.39, 0.29) is 17.3 Å². The summed E-state index contributed by atoms with van der Waals surface area (Å²) in [6.07, 6.45) is 0. The van der Waals surface area contributed by atoms with E-state index in [0.717, 1.165) is 15.4 Å². The zero-order valence-electron chi connectivity index (χ0n) is 20.5. The van der Waals surface area contributed by atoms with Gasteiger partial charge in [0.05, 0.1) is 10.6 Å². The largest absolute Gasteiger partial charge is 0.355 e. The molecule has 190 valence electrons. The zero-order valence-corrected chi connectivity index (χ0v) is 22.1. The Balaban J connectivity index is 2.02. The predicted octanol–water partition coefficient (Wildman–Crippen LogP) is 4.40. The van der Waals surface area contributed by atoms with Crippen LogP contribution in [-0.4, -0.2) is 44.3 Å². The molecular weight excluding hydrogens is 498 g/mol. The second-order valence-electron chi connectivity index (χ2n) is 8.39. The Labute approximate surface area is 217 Å². The molecule has 0 aliphatic heterocycles. The second kappa shape index (κ2) is 12.1. The Kier molecular flexibility index (Phi) is 9.12. The highest BCUT2D eigenvalue weighted by atomic mass is 35.5. The molecule has 0 fully saturated rings. The van der Waals surface area contributed by atoms with Crippen molar-refractivity contribution >= 4 is 39.1 Å². The number of aryl methyl sites for hydroxylation is 1. The van der Waals surface area contributed by atoms with E-state index in [1.54, 1.807) is 74.5 Å². The number of rotatable bonds is 10. The molecular formula is C27H30ClN3O4S. The molecule has 3 rings (SSSR count). The molecule has 1 atom stereocenters. The number of halogens is 1. The van der Waals surface area contributed by atoms with Gasteiger partial charge in [0.25, 0.3) is 10.0 Å². The number of amides is 2. The molecule has 0 aliphatic carbocycles. The van der Waals surface area contributed by atoms with Crippen LogP contribution in [0, 0.1) is 6.92 Å². The summed E-state index contributed by atoms with van der Waals surface area (Å²) in [6.45, 7) is 5.27. The lowest BCUT2D eigenvalue weighted by atomic mass is 10.1.